The van der Waals surface area contributed by atoms with E-state index in [-0.39, 0.29) is 33.8 Å². The number of anilines is 6. The van der Waals surface area contributed by atoms with Gasteiger partial charge in [-0.25, -0.2) is 0 Å². The maximum atomic E-state index is 2.74. The first-order valence-electron chi connectivity index (χ1n) is 27.8. The Morgan fingerprint density at radius 3 is 1.34 bits per heavy atom. The van der Waals surface area contributed by atoms with E-state index in [0.717, 1.165) is 18.5 Å². The van der Waals surface area contributed by atoms with Crippen LogP contribution < -0.4 is 26.2 Å². The highest BCUT2D eigenvalue weighted by Gasteiger charge is 2.48. The van der Waals surface area contributed by atoms with Gasteiger partial charge in [-0.3, -0.25) is 0 Å². The molecule has 3 aliphatic rings. The average molecular weight is 989 g/mol. The van der Waals surface area contributed by atoms with Crippen LogP contribution in [-0.2, 0) is 27.1 Å². The number of hydrogen-bond donors (Lipinski definition) is 0. The number of fused-ring (bicyclic) bond motifs is 5. The van der Waals surface area contributed by atoms with Crippen molar-refractivity contribution in [1.29, 1.82) is 0 Å². The first-order valence-corrected chi connectivity index (χ1v) is 27.8. The molecule has 2 aliphatic heterocycles. The largest absolute Gasteiger partial charge is 0.311 e. The molecule has 3 heteroatoms. The standard InChI is InChI=1S/C73H73BN2/c1-48-41-65-67-66(42-48)76(68-57(49-25-17-13-18-26-49)43-55(69(2,3)4)44-58(68)50-27-19-14-20-28-50)64-47-60-59(70(5,6)39-40-71(60,7)8)46-62(64)74(67)61-45-54(73(11,12)52-31-23-16-24-32-52)35-38-63(61)75(65)56-36-33-53(34-37-56)72(9,10)51-29-21-15-22-30-51/h13-38,41-47H,39-40H2,1-12H3. The molecule has 1 aliphatic carbocycles. The molecule has 0 fully saturated rings. The van der Waals surface area contributed by atoms with Crippen molar-refractivity contribution in [3.8, 4) is 22.3 Å². The molecule has 12 rings (SSSR count). The summed E-state index contributed by atoms with van der Waals surface area (Å²) in [6, 6.07) is 76.7. The molecule has 0 bridgehead atoms. The van der Waals surface area contributed by atoms with Gasteiger partial charge < -0.3 is 9.80 Å². The van der Waals surface area contributed by atoms with Crippen LogP contribution in [0.15, 0.2) is 200 Å². The summed E-state index contributed by atoms with van der Waals surface area (Å²) < 4.78 is 0. The minimum absolute atomic E-state index is 0.00416. The summed E-state index contributed by atoms with van der Waals surface area (Å²) >= 11 is 0. The van der Waals surface area contributed by atoms with Crippen LogP contribution in [0.4, 0.5) is 34.1 Å². The summed E-state index contributed by atoms with van der Waals surface area (Å²) in [6.45, 7) is 28.8. The number of rotatable bonds is 8. The SMILES string of the molecule is Cc1cc2c3c(c1)N(c1c(-c4ccccc4)cc(C(C)(C)C)cc1-c1ccccc1)c1cc4c(cc1B3c1cc(C(C)(C)c3ccccc3)ccc1N2c1ccc(C(C)(C)c2ccccc2)cc1)C(C)(C)CCC4(C)C. The van der Waals surface area contributed by atoms with E-state index in [1.165, 1.54) is 112 Å². The van der Waals surface area contributed by atoms with E-state index < -0.39 is 0 Å². The summed E-state index contributed by atoms with van der Waals surface area (Å²) in [4.78, 5) is 5.34. The van der Waals surface area contributed by atoms with Gasteiger partial charge >= 0.3 is 0 Å². The van der Waals surface area contributed by atoms with Crippen molar-refractivity contribution in [2.45, 2.75) is 123 Å². The second-order valence-corrected chi connectivity index (χ2v) is 25.7. The van der Waals surface area contributed by atoms with Gasteiger partial charge in [-0.2, -0.15) is 0 Å². The van der Waals surface area contributed by atoms with Crippen molar-refractivity contribution in [2.75, 3.05) is 9.80 Å². The molecule has 0 saturated carbocycles. The van der Waals surface area contributed by atoms with E-state index in [1.54, 1.807) is 0 Å². The van der Waals surface area contributed by atoms with Gasteiger partial charge in [0.25, 0.3) is 6.71 Å². The minimum Gasteiger partial charge on any atom is -0.311 e. The zero-order chi connectivity index (χ0) is 53.1. The molecular formula is C73H73BN2. The lowest BCUT2D eigenvalue weighted by atomic mass is 9.33. The monoisotopic (exact) mass is 989 g/mol. The Morgan fingerprint density at radius 1 is 0.395 bits per heavy atom. The molecular weight excluding hydrogens is 916 g/mol. The minimum atomic E-state index is -0.252. The summed E-state index contributed by atoms with van der Waals surface area (Å²) in [5.41, 5.74) is 26.5. The highest BCUT2D eigenvalue weighted by atomic mass is 15.2. The molecule has 378 valence electrons. The van der Waals surface area contributed by atoms with Gasteiger partial charge in [0.1, 0.15) is 0 Å². The van der Waals surface area contributed by atoms with E-state index in [0.29, 0.717) is 0 Å². The fourth-order valence-corrected chi connectivity index (χ4v) is 13.2. The van der Waals surface area contributed by atoms with Crippen molar-refractivity contribution in [1.82, 2.24) is 0 Å². The van der Waals surface area contributed by atoms with Gasteiger partial charge in [-0.15, -0.1) is 0 Å². The van der Waals surface area contributed by atoms with Crippen LogP contribution in [0.5, 0.6) is 0 Å². The van der Waals surface area contributed by atoms with Gasteiger partial charge in [0.2, 0.25) is 0 Å². The molecule has 2 heterocycles. The number of nitrogens with zero attached hydrogens (tertiary/aromatic N) is 2. The molecule has 0 amide bonds. The highest BCUT2D eigenvalue weighted by molar-refractivity contribution is 7.00. The Labute approximate surface area is 454 Å². The Balaban J connectivity index is 1.21. The van der Waals surface area contributed by atoms with E-state index in [1.807, 2.05) is 0 Å². The maximum absolute atomic E-state index is 2.74. The van der Waals surface area contributed by atoms with Crippen molar-refractivity contribution in [2.24, 2.45) is 0 Å². The Hall–Kier alpha value is -7.36. The number of hydrogen-bond acceptors (Lipinski definition) is 2. The summed E-state index contributed by atoms with van der Waals surface area (Å²) in [6.07, 6.45) is 2.28. The first-order chi connectivity index (χ1) is 36.2. The molecule has 0 N–H and O–H groups in total. The van der Waals surface area contributed by atoms with E-state index >= 15 is 0 Å². The quantitative estimate of drug-likeness (QED) is 0.140. The first kappa shape index (κ1) is 49.5. The van der Waals surface area contributed by atoms with Crippen molar-refractivity contribution >= 4 is 57.2 Å². The second-order valence-electron chi connectivity index (χ2n) is 25.7. The summed E-state index contributed by atoms with van der Waals surface area (Å²) in [5.74, 6) is 0. The van der Waals surface area contributed by atoms with Gasteiger partial charge in [-0.1, -0.05) is 228 Å². The van der Waals surface area contributed by atoms with Crippen LogP contribution in [0.2, 0.25) is 0 Å². The molecule has 0 radical (unpaired) electrons. The second kappa shape index (κ2) is 17.9. The maximum Gasteiger partial charge on any atom is 0.252 e. The zero-order valence-electron chi connectivity index (χ0n) is 46.9. The van der Waals surface area contributed by atoms with E-state index in [2.05, 4.69) is 293 Å². The van der Waals surface area contributed by atoms with Crippen LogP contribution >= 0.6 is 0 Å². The van der Waals surface area contributed by atoms with Crippen LogP contribution in [-0.4, -0.2) is 6.71 Å². The van der Waals surface area contributed by atoms with Crippen LogP contribution in [0.25, 0.3) is 22.3 Å². The summed E-state index contributed by atoms with van der Waals surface area (Å²) in [5, 5.41) is 0. The Kier molecular flexibility index (Phi) is 11.6. The predicted molar refractivity (Wildman–Crippen MR) is 327 cm³/mol. The molecule has 0 atom stereocenters. The smallest absolute Gasteiger partial charge is 0.252 e. The third kappa shape index (κ3) is 8.07. The average Bonchev–Trinajstić information content (AvgIpc) is 3.55. The molecule has 76 heavy (non-hydrogen) atoms. The van der Waals surface area contributed by atoms with Gasteiger partial charge in [-0.05, 0) is 157 Å². The Bertz CT molecular complexity index is 3610. The fourth-order valence-electron chi connectivity index (χ4n) is 13.2. The molecule has 0 aromatic heterocycles. The third-order valence-corrected chi connectivity index (χ3v) is 18.1. The third-order valence-electron chi connectivity index (χ3n) is 18.1. The molecule has 0 unspecified atom stereocenters. The van der Waals surface area contributed by atoms with Gasteiger partial charge in [0.05, 0.1) is 5.69 Å². The fraction of sp³-hybridized carbons (Fsp3) is 0.260. The molecule has 2 nitrogen and oxygen atoms in total. The lowest BCUT2D eigenvalue weighted by Gasteiger charge is -2.48. The lowest BCUT2D eigenvalue weighted by molar-refractivity contribution is 0.332. The molecule has 9 aromatic carbocycles. The number of benzene rings is 9. The summed E-state index contributed by atoms with van der Waals surface area (Å²) in [7, 11) is 0. The molecule has 9 aromatic rings. The van der Waals surface area contributed by atoms with Crippen molar-refractivity contribution in [3.05, 3.63) is 245 Å². The predicted octanol–water partition coefficient (Wildman–Crippen LogP) is 17.7. The zero-order valence-corrected chi connectivity index (χ0v) is 46.9. The Morgan fingerprint density at radius 2 is 0.829 bits per heavy atom. The van der Waals surface area contributed by atoms with Crippen molar-refractivity contribution in [3.63, 3.8) is 0 Å². The normalized spacial score (nSPS) is 15.4. The van der Waals surface area contributed by atoms with Crippen LogP contribution in [0.1, 0.15) is 134 Å². The number of aryl methyl sites for hydroxylation is 1. The van der Waals surface area contributed by atoms with Crippen molar-refractivity contribution < 1.29 is 0 Å². The topological polar surface area (TPSA) is 6.48 Å². The van der Waals surface area contributed by atoms with Crippen LogP contribution in [0, 0.1) is 6.92 Å². The molecule has 0 saturated heterocycles. The van der Waals surface area contributed by atoms with Gasteiger partial charge in [0.15, 0.2) is 0 Å². The van der Waals surface area contributed by atoms with E-state index in [4.69, 9.17) is 0 Å². The molecule has 0 spiro atoms. The van der Waals surface area contributed by atoms with E-state index in [9.17, 15) is 0 Å². The lowest BCUT2D eigenvalue weighted by Crippen LogP contribution is -2.62. The van der Waals surface area contributed by atoms with Gasteiger partial charge in [0, 0.05) is 50.4 Å². The highest BCUT2D eigenvalue weighted by Crippen LogP contribution is 2.54. The van der Waals surface area contributed by atoms with Crippen LogP contribution in [0.3, 0.4) is 0 Å².